The van der Waals surface area contributed by atoms with Crippen LogP contribution in [0, 0.1) is 5.92 Å². The summed E-state index contributed by atoms with van der Waals surface area (Å²) in [6.45, 7) is 0.516. The van der Waals surface area contributed by atoms with Gasteiger partial charge >= 0.3 is 5.97 Å². The SMILES string of the molecule is O=C(NCCNC(=O)c1ccc(Cl)c(Cl)c1)c1ccc(OC2CCC(C(=O)O)CC2)cc1. The van der Waals surface area contributed by atoms with E-state index in [2.05, 4.69) is 10.6 Å². The van der Waals surface area contributed by atoms with Crippen molar-refractivity contribution in [3.05, 3.63) is 63.6 Å². The number of carbonyl (C=O) groups is 3. The van der Waals surface area contributed by atoms with Crippen molar-refractivity contribution >= 4 is 41.0 Å². The lowest BCUT2D eigenvalue weighted by atomic mass is 9.87. The molecule has 0 spiro atoms. The maximum Gasteiger partial charge on any atom is 0.306 e. The molecule has 9 heteroatoms. The largest absolute Gasteiger partial charge is 0.490 e. The van der Waals surface area contributed by atoms with E-state index >= 15 is 0 Å². The summed E-state index contributed by atoms with van der Waals surface area (Å²) in [5, 5.41) is 15.2. The lowest BCUT2D eigenvalue weighted by Gasteiger charge is -2.26. The van der Waals surface area contributed by atoms with Crippen molar-refractivity contribution in [2.75, 3.05) is 13.1 Å². The first-order chi connectivity index (χ1) is 15.3. The fraction of sp³-hybridized carbons (Fsp3) is 0.348. The summed E-state index contributed by atoms with van der Waals surface area (Å²) < 4.78 is 5.91. The van der Waals surface area contributed by atoms with E-state index in [1.165, 1.54) is 6.07 Å². The molecule has 3 rings (SSSR count). The number of hydrogen-bond acceptors (Lipinski definition) is 4. The highest BCUT2D eigenvalue weighted by atomic mass is 35.5. The number of benzene rings is 2. The van der Waals surface area contributed by atoms with Crippen molar-refractivity contribution < 1.29 is 24.2 Å². The zero-order valence-corrected chi connectivity index (χ0v) is 18.8. The summed E-state index contributed by atoms with van der Waals surface area (Å²) in [4.78, 5) is 35.4. The molecule has 2 aromatic carbocycles. The van der Waals surface area contributed by atoms with Gasteiger partial charge in [-0.1, -0.05) is 23.2 Å². The number of hydrogen-bond donors (Lipinski definition) is 3. The van der Waals surface area contributed by atoms with Crippen molar-refractivity contribution in [3.8, 4) is 5.75 Å². The average Bonchev–Trinajstić information content (AvgIpc) is 2.79. The Morgan fingerprint density at radius 2 is 1.41 bits per heavy atom. The summed E-state index contributed by atoms with van der Waals surface area (Å²) in [5.74, 6) is -0.948. The van der Waals surface area contributed by atoms with Gasteiger partial charge < -0.3 is 20.5 Å². The van der Waals surface area contributed by atoms with Crippen molar-refractivity contribution in [2.45, 2.75) is 31.8 Å². The Balaban J connectivity index is 1.39. The Morgan fingerprint density at radius 1 is 0.844 bits per heavy atom. The molecule has 2 amide bonds. The van der Waals surface area contributed by atoms with Gasteiger partial charge in [-0.3, -0.25) is 14.4 Å². The molecule has 0 saturated heterocycles. The highest BCUT2D eigenvalue weighted by molar-refractivity contribution is 6.42. The van der Waals surface area contributed by atoms with Gasteiger partial charge in [0.1, 0.15) is 5.75 Å². The predicted molar refractivity (Wildman–Crippen MR) is 122 cm³/mol. The van der Waals surface area contributed by atoms with Crippen LogP contribution >= 0.6 is 23.2 Å². The number of ether oxygens (including phenoxy) is 1. The third kappa shape index (κ3) is 6.61. The molecule has 0 aliphatic heterocycles. The van der Waals surface area contributed by atoms with Gasteiger partial charge in [0, 0.05) is 24.2 Å². The molecule has 0 bridgehead atoms. The molecule has 1 saturated carbocycles. The maximum atomic E-state index is 12.3. The first-order valence-electron chi connectivity index (χ1n) is 10.3. The fourth-order valence-electron chi connectivity index (χ4n) is 3.50. The minimum atomic E-state index is -0.743. The van der Waals surface area contributed by atoms with E-state index < -0.39 is 5.97 Å². The Labute approximate surface area is 196 Å². The van der Waals surface area contributed by atoms with Crippen LogP contribution in [-0.4, -0.2) is 42.1 Å². The average molecular weight is 479 g/mol. The van der Waals surface area contributed by atoms with Crippen LogP contribution in [0.5, 0.6) is 5.75 Å². The fourth-order valence-corrected chi connectivity index (χ4v) is 3.80. The molecule has 0 heterocycles. The van der Waals surface area contributed by atoms with Crippen LogP contribution in [0.25, 0.3) is 0 Å². The highest BCUT2D eigenvalue weighted by Crippen LogP contribution is 2.28. The van der Waals surface area contributed by atoms with E-state index in [9.17, 15) is 14.4 Å². The molecule has 1 aliphatic rings. The summed E-state index contributed by atoms with van der Waals surface area (Å²) in [6, 6.07) is 11.4. The van der Waals surface area contributed by atoms with Gasteiger partial charge in [-0.25, -0.2) is 0 Å². The van der Waals surface area contributed by atoms with Crippen molar-refractivity contribution in [1.82, 2.24) is 10.6 Å². The van der Waals surface area contributed by atoms with Crippen LogP contribution in [0.2, 0.25) is 10.0 Å². The summed E-state index contributed by atoms with van der Waals surface area (Å²) in [7, 11) is 0. The number of carboxylic acid groups (broad SMARTS) is 1. The zero-order valence-electron chi connectivity index (χ0n) is 17.3. The van der Waals surface area contributed by atoms with Crippen LogP contribution in [0.15, 0.2) is 42.5 Å². The Hall–Kier alpha value is -2.77. The molecule has 0 unspecified atom stereocenters. The first kappa shape index (κ1) is 23.9. The standard InChI is InChI=1S/C23H24Cl2N2O5/c24-19-10-5-16(13-20(19)25)22(29)27-12-11-26-21(28)14-1-6-17(7-2-14)32-18-8-3-15(4-9-18)23(30)31/h1-2,5-7,10,13,15,18H,3-4,8-9,11-12H2,(H,26,28)(H,27,29)(H,30,31). The van der Waals surface area contributed by atoms with Gasteiger partial charge in [0.25, 0.3) is 11.8 Å². The molecule has 2 aromatic rings. The van der Waals surface area contributed by atoms with Crippen LogP contribution in [0.4, 0.5) is 0 Å². The van der Waals surface area contributed by atoms with Crippen LogP contribution in [-0.2, 0) is 4.79 Å². The lowest BCUT2D eigenvalue weighted by molar-refractivity contribution is -0.143. The number of aliphatic carboxylic acids is 1. The second-order valence-electron chi connectivity index (χ2n) is 7.59. The number of carboxylic acids is 1. The molecule has 0 aromatic heterocycles. The molecule has 3 N–H and O–H groups in total. The molecule has 1 aliphatic carbocycles. The van der Waals surface area contributed by atoms with E-state index in [0.717, 1.165) is 0 Å². The summed E-state index contributed by atoms with van der Waals surface area (Å²) in [5.41, 5.74) is 0.862. The monoisotopic (exact) mass is 478 g/mol. The number of rotatable bonds is 8. The van der Waals surface area contributed by atoms with Crippen LogP contribution in [0.1, 0.15) is 46.4 Å². The maximum absolute atomic E-state index is 12.3. The third-order valence-corrected chi connectivity index (χ3v) is 6.06. The van der Waals surface area contributed by atoms with E-state index in [4.69, 9.17) is 33.0 Å². The smallest absolute Gasteiger partial charge is 0.306 e. The van der Waals surface area contributed by atoms with Crippen molar-refractivity contribution in [1.29, 1.82) is 0 Å². The molecular weight excluding hydrogens is 455 g/mol. The Kier molecular flexibility index (Phi) is 8.36. The van der Waals surface area contributed by atoms with E-state index in [-0.39, 0.29) is 36.9 Å². The molecule has 0 atom stereocenters. The van der Waals surface area contributed by atoms with E-state index in [1.54, 1.807) is 36.4 Å². The zero-order chi connectivity index (χ0) is 23.1. The number of amides is 2. The Morgan fingerprint density at radius 3 is 1.97 bits per heavy atom. The van der Waals surface area contributed by atoms with Gasteiger partial charge in [0.15, 0.2) is 0 Å². The van der Waals surface area contributed by atoms with Crippen LogP contribution < -0.4 is 15.4 Å². The molecule has 1 fully saturated rings. The normalized spacial score (nSPS) is 17.9. The van der Waals surface area contributed by atoms with Crippen molar-refractivity contribution in [2.24, 2.45) is 5.92 Å². The quantitative estimate of drug-likeness (QED) is 0.493. The molecule has 170 valence electrons. The minimum absolute atomic E-state index is 0.00981. The summed E-state index contributed by atoms with van der Waals surface area (Å²) >= 11 is 11.8. The molecule has 32 heavy (non-hydrogen) atoms. The topological polar surface area (TPSA) is 105 Å². The van der Waals surface area contributed by atoms with Gasteiger partial charge in [-0.15, -0.1) is 0 Å². The van der Waals surface area contributed by atoms with E-state index in [1.807, 2.05) is 0 Å². The molecule has 7 nitrogen and oxygen atoms in total. The van der Waals surface area contributed by atoms with Crippen LogP contribution in [0.3, 0.4) is 0 Å². The predicted octanol–water partition coefficient (Wildman–Crippen LogP) is 4.18. The second kappa shape index (κ2) is 11.2. The van der Waals surface area contributed by atoms with Gasteiger partial charge in [0.05, 0.1) is 22.1 Å². The number of nitrogens with one attached hydrogen (secondary N) is 2. The number of halogens is 2. The number of carbonyl (C=O) groups excluding carboxylic acids is 2. The summed E-state index contributed by atoms with van der Waals surface area (Å²) in [6.07, 6.45) is 2.62. The molecular formula is C23H24Cl2N2O5. The Bertz CT molecular complexity index is 973. The van der Waals surface area contributed by atoms with Crippen molar-refractivity contribution in [3.63, 3.8) is 0 Å². The third-order valence-electron chi connectivity index (χ3n) is 5.32. The van der Waals surface area contributed by atoms with Gasteiger partial charge in [-0.2, -0.15) is 0 Å². The van der Waals surface area contributed by atoms with Gasteiger partial charge in [-0.05, 0) is 68.1 Å². The second-order valence-corrected chi connectivity index (χ2v) is 8.41. The van der Waals surface area contributed by atoms with E-state index in [0.29, 0.717) is 52.6 Å². The van der Waals surface area contributed by atoms with Gasteiger partial charge in [0.2, 0.25) is 0 Å². The highest BCUT2D eigenvalue weighted by Gasteiger charge is 2.26. The molecule has 0 radical (unpaired) electrons. The minimum Gasteiger partial charge on any atom is -0.490 e. The lowest BCUT2D eigenvalue weighted by Crippen LogP contribution is -2.34. The first-order valence-corrected chi connectivity index (χ1v) is 11.1.